The Morgan fingerprint density at radius 2 is 1.41 bits per heavy atom. The summed E-state index contributed by atoms with van der Waals surface area (Å²) >= 11 is 0. The molecule has 5 aliphatic rings. The van der Waals surface area contributed by atoms with Crippen LogP contribution in [0.3, 0.4) is 0 Å². The van der Waals surface area contributed by atoms with Gasteiger partial charge in [-0.15, -0.1) is 0 Å². The van der Waals surface area contributed by atoms with E-state index in [0.29, 0.717) is 22.3 Å². The highest BCUT2D eigenvalue weighted by atomic mass is 31.1. The largest absolute Gasteiger partial charge is 0.339 e. The van der Waals surface area contributed by atoms with Gasteiger partial charge in [-0.05, 0) is 85.6 Å². The third-order valence-corrected chi connectivity index (χ3v) is 12.2. The van der Waals surface area contributed by atoms with Crippen molar-refractivity contribution in [1.29, 1.82) is 0 Å². The van der Waals surface area contributed by atoms with Crippen LogP contribution in [0.5, 0.6) is 0 Å². The van der Waals surface area contributed by atoms with Crippen molar-refractivity contribution < 1.29 is 4.79 Å². The number of nitrogens with zero attached hydrogens (tertiary/aromatic N) is 1. The van der Waals surface area contributed by atoms with E-state index < -0.39 is 0 Å². The fourth-order valence-electron chi connectivity index (χ4n) is 7.73. The average molecular weight is 392 g/mol. The standard InChI is InChI=1S/C24H42NOP/c1-22(2,3)27(23(4,5)6)16-20-8-7-9-25(20)21(26)24-13-17-10-18(14-24)12-19(11-17)15-24/h17-20H,7-16H2,1-6H3/t17?,18?,19?,20-,24?/m0/s1. The summed E-state index contributed by atoms with van der Waals surface area (Å²) in [6, 6.07) is 0.509. The molecule has 1 aliphatic heterocycles. The van der Waals surface area contributed by atoms with Gasteiger partial charge in [-0.25, -0.2) is 0 Å². The van der Waals surface area contributed by atoms with E-state index >= 15 is 0 Å². The van der Waals surface area contributed by atoms with Gasteiger partial charge in [0.15, 0.2) is 0 Å². The molecule has 5 fully saturated rings. The fourth-order valence-corrected chi connectivity index (χ4v) is 11.6. The predicted octanol–water partition coefficient (Wildman–Crippen LogP) is 6.27. The van der Waals surface area contributed by atoms with Crippen molar-refractivity contribution in [1.82, 2.24) is 4.90 Å². The molecule has 0 N–H and O–H groups in total. The molecular weight excluding hydrogens is 349 g/mol. The maximum atomic E-state index is 13.9. The summed E-state index contributed by atoms with van der Waals surface area (Å²) in [6.45, 7) is 15.6. The first-order valence-electron chi connectivity index (χ1n) is 11.6. The number of likely N-dealkylation sites (tertiary alicyclic amines) is 1. The minimum Gasteiger partial charge on any atom is -0.339 e. The van der Waals surface area contributed by atoms with E-state index in [9.17, 15) is 4.79 Å². The molecule has 1 amide bonds. The third kappa shape index (κ3) is 3.74. The Balaban J connectivity index is 1.52. The van der Waals surface area contributed by atoms with E-state index in [1.807, 2.05) is 0 Å². The number of amides is 1. The van der Waals surface area contributed by atoms with Crippen LogP contribution in [0.25, 0.3) is 0 Å². The summed E-state index contributed by atoms with van der Waals surface area (Å²) in [6.07, 6.45) is 11.6. The van der Waals surface area contributed by atoms with Gasteiger partial charge in [0.25, 0.3) is 0 Å². The lowest BCUT2D eigenvalue weighted by Crippen LogP contribution is -2.56. The molecule has 0 unspecified atom stereocenters. The maximum absolute atomic E-state index is 13.9. The minimum absolute atomic E-state index is 0.0452. The third-order valence-electron chi connectivity index (χ3n) is 8.14. The molecular formula is C24H42NOP. The molecule has 0 aromatic rings. The zero-order chi connectivity index (χ0) is 19.6. The molecule has 0 radical (unpaired) electrons. The van der Waals surface area contributed by atoms with Crippen molar-refractivity contribution in [3.05, 3.63) is 0 Å². The van der Waals surface area contributed by atoms with Crippen LogP contribution >= 0.6 is 7.92 Å². The van der Waals surface area contributed by atoms with Crippen LogP contribution in [0.2, 0.25) is 0 Å². The SMILES string of the molecule is CC(C)(C)P(C[C@@H]1CCCN1C(=O)C12CC3CC(CC(C3)C1)C2)C(C)(C)C. The number of carbonyl (C=O) groups is 1. The summed E-state index contributed by atoms with van der Waals surface area (Å²) in [5.41, 5.74) is 0.0452. The van der Waals surface area contributed by atoms with Crippen LogP contribution in [-0.2, 0) is 4.79 Å². The second-order valence-electron chi connectivity index (χ2n) is 12.4. The van der Waals surface area contributed by atoms with Gasteiger partial charge in [-0.2, -0.15) is 0 Å². The van der Waals surface area contributed by atoms with Gasteiger partial charge in [0.1, 0.15) is 0 Å². The molecule has 1 atom stereocenters. The Kier molecular flexibility index (Phi) is 5.02. The van der Waals surface area contributed by atoms with E-state index in [-0.39, 0.29) is 13.3 Å². The van der Waals surface area contributed by atoms with Crippen molar-refractivity contribution in [2.75, 3.05) is 12.7 Å². The van der Waals surface area contributed by atoms with Crippen LogP contribution in [0.1, 0.15) is 92.9 Å². The molecule has 1 saturated heterocycles. The highest BCUT2D eigenvalue weighted by molar-refractivity contribution is 7.60. The van der Waals surface area contributed by atoms with Crippen LogP contribution in [0.4, 0.5) is 0 Å². The molecule has 0 spiro atoms. The molecule has 2 nitrogen and oxygen atoms in total. The molecule has 0 aromatic heterocycles. The topological polar surface area (TPSA) is 20.3 Å². The van der Waals surface area contributed by atoms with Crippen LogP contribution in [0, 0.1) is 23.2 Å². The van der Waals surface area contributed by atoms with E-state index in [1.54, 1.807) is 0 Å². The second-order valence-corrected chi connectivity index (χ2v) is 16.3. The fraction of sp³-hybridized carbons (Fsp3) is 0.958. The van der Waals surface area contributed by atoms with Crippen molar-refractivity contribution in [2.45, 2.75) is 109 Å². The van der Waals surface area contributed by atoms with Crippen LogP contribution in [0.15, 0.2) is 0 Å². The smallest absolute Gasteiger partial charge is 0.229 e. The summed E-state index contributed by atoms with van der Waals surface area (Å²) < 4.78 is 0. The van der Waals surface area contributed by atoms with Crippen molar-refractivity contribution in [3.8, 4) is 0 Å². The van der Waals surface area contributed by atoms with E-state index in [2.05, 4.69) is 46.4 Å². The molecule has 3 heteroatoms. The lowest BCUT2D eigenvalue weighted by Gasteiger charge is -2.57. The molecule has 4 saturated carbocycles. The lowest BCUT2D eigenvalue weighted by atomic mass is 9.49. The van der Waals surface area contributed by atoms with Gasteiger partial charge in [0.2, 0.25) is 5.91 Å². The zero-order valence-electron chi connectivity index (χ0n) is 18.7. The van der Waals surface area contributed by atoms with Crippen LogP contribution < -0.4 is 0 Å². The Morgan fingerprint density at radius 1 is 0.926 bits per heavy atom. The van der Waals surface area contributed by atoms with Gasteiger partial charge < -0.3 is 4.90 Å². The molecule has 5 rings (SSSR count). The number of hydrogen-bond acceptors (Lipinski definition) is 1. The number of rotatable bonds is 3. The first kappa shape index (κ1) is 20.2. The van der Waals surface area contributed by atoms with E-state index in [0.717, 1.165) is 24.3 Å². The molecule has 0 aromatic carbocycles. The summed E-state index contributed by atoms with van der Waals surface area (Å²) in [5, 5.41) is 0.706. The molecule has 1 heterocycles. The quantitative estimate of drug-likeness (QED) is 0.519. The van der Waals surface area contributed by atoms with Gasteiger partial charge >= 0.3 is 0 Å². The van der Waals surface area contributed by atoms with E-state index in [1.165, 1.54) is 57.5 Å². The Morgan fingerprint density at radius 3 is 1.85 bits per heavy atom. The summed E-state index contributed by atoms with van der Waals surface area (Å²) in [4.78, 5) is 16.3. The van der Waals surface area contributed by atoms with Gasteiger partial charge in [-0.3, -0.25) is 4.79 Å². The number of hydrogen-bond donors (Lipinski definition) is 0. The molecule has 27 heavy (non-hydrogen) atoms. The van der Waals surface area contributed by atoms with Gasteiger partial charge in [-0.1, -0.05) is 49.5 Å². The number of carbonyl (C=O) groups excluding carboxylic acids is 1. The predicted molar refractivity (Wildman–Crippen MR) is 117 cm³/mol. The summed E-state index contributed by atoms with van der Waals surface area (Å²) in [5.74, 6) is 3.18. The monoisotopic (exact) mass is 391 g/mol. The Labute approximate surface area is 169 Å². The minimum atomic E-state index is -0.132. The van der Waals surface area contributed by atoms with Crippen molar-refractivity contribution in [3.63, 3.8) is 0 Å². The first-order valence-corrected chi connectivity index (χ1v) is 13.1. The van der Waals surface area contributed by atoms with Crippen LogP contribution in [-0.4, -0.2) is 39.9 Å². The maximum Gasteiger partial charge on any atom is 0.229 e. The average Bonchev–Trinajstić information content (AvgIpc) is 2.96. The zero-order valence-corrected chi connectivity index (χ0v) is 19.6. The lowest BCUT2D eigenvalue weighted by molar-refractivity contribution is -0.158. The first-order chi connectivity index (χ1) is 12.5. The Bertz CT molecular complexity index is 535. The second kappa shape index (κ2) is 6.72. The molecule has 4 aliphatic carbocycles. The van der Waals surface area contributed by atoms with Gasteiger partial charge in [0.05, 0.1) is 5.41 Å². The normalized spacial score (nSPS) is 38.9. The van der Waals surface area contributed by atoms with E-state index in [4.69, 9.17) is 0 Å². The highest BCUT2D eigenvalue weighted by Crippen LogP contribution is 2.62. The van der Waals surface area contributed by atoms with Gasteiger partial charge in [0, 0.05) is 12.6 Å². The molecule has 154 valence electrons. The molecule has 4 bridgehead atoms. The van der Waals surface area contributed by atoms with Crippen molar-refractivity contribution >= 4 is 13.8 Å². The van der Waals surface area contributed by atoms with Crippen molar-refractivity contribution in [2.24, 2.45) is 23.2 Å². The highest BCUT2D eigenvalue weighted by Gasteiger charge is 2.56. The Hall–Kier alpha value is -0.100. The summed E-state index contributed by atoms with van der Waals surface area (Å²) in [7, 11) is -0.132.